The van der Waals surface area contributed by atoms with E-state index >= 15 is 0 Å². The van der Waals surface area contributed by atoms with Crippen molar-refractivity contribution in [2.24, 2.45) is 0 Å². The lowest BCUT2D eigenvalue weighted by Gasteiger charge is -2.24. The molecule has 1 heterocycles. The molecule has 0 bridgehead atoms. The molecule has 0 radical (unpaired) electrons. The Morgan fingerprint density at radius 2 is 2.25 bits per heavy atom. The van der Waals surface area contributed by atoms with E-state index in [0.717, 1.165) is 19.4 Å². The number of hydrogen-bond acceptors (Lipinski definition) is 5. The summed E-state index contributed by atoms with van der Waals surface area (Å²) >= 11 is 0. The molecule has 1 fully saturated rings. The SMILES string of the molecule is COCCN(CC(=O)O)C(=O)C(C)OCC1CCCO1. The van der Waals surface area contributed by atoms with Gasteiger partial charge in [0.1, 0.15) is 12.6 Å². The summed E-state index contributed by atoms with van der Waals surface area (Å²) < 4.78 is 15.8. The highest BCUT2D eigenvalue weighted by atomic mass is 16.5. The first kappa shape index (κ1) is 16.9. The number of carboxylic acids is 1. The van der Waals surface area contributed by atoms with E-state index in [4.69, 9.17) is 19.3 Å². The van der Waals surface area contributed by atoms with Crippen LogP contribution in [-0.2, 0) is 23.8 Å². The molecule has 20 heavy (non-hydrogen) atoms. The van der Waals surface area contributed by atoms with E-state index in [1.165, 1.54) is 12.0 Å². The third-order valence-electron chi connectivity index (χ3n) is 3.11. The van der Waals surface area contributed by atoms with Crippen LogP contribution in [0.4, 0.5) is 0 Å². The Morgan fingerprint density at radius 1 is 1.50 bits per heavy atom. The fourth-order valence-corrected chi connectivity index (χ4v) is 1.99. The number of amides is 1. The van der Waals surface area contributed by atoms with Gasteiger partial charge in [0, 0.05) is 20.3 Å². The molecule has 7 heteroatoms. The summed E-state index contributed by atoms with van der Waals surface area (Å²) in [5.41, 5.74) is 0. The van der Waals surface area contributed by atoms with Gasteiger partial charge in [-0.3, -0.25) is 9.59 Å². The maximum atomic E-state index is 12.1. The smallest absolute Gasteiger partial charge is 0.323 e. The number of rotatable bonds is 9. The molecule has 2 unspecified atom stereocenters. The molecule has 116 valence electrons. The summed E-state index contributed by atoms with van der Waals surface area (Å²) in [6.45, 7) is 2.88. The minimum absolute atomic E-state index is 0.0390. The zero-order valence-corrected chi connectivity index (χ0v) is 12.0. The molecule has 2 atom stereocenters. The predicted molar refractivity (Wildman–Crippen MR) is 70.5 cm³/mol. The van der Waals surface area contributed by atoms with Crippen LogP contribution in [0.5, 0.6) is 0 Å². The van der Waals surface area contributed by atoms with E-state index in [-0.39, 0.29) is 31.7 Å². The Morgan fingerprint density at radius 3 is 2.80 bits per heavy atom. The number of ether oxygens (including phenoxy) is 3. The van der Waals surface area contributed by atoms with Crippen LogP contribution >= 0.6 is 0 Å². The molecule has 1 amide bonds. The van der Waals surface area contributed by atoms with Crippen LogP contribution in [0.2, 0.25) is 0 Å². The van der Waals surface area contributed by atoms with Crippen LogP contribution in [0.1, 0.15) is 19.8 Å². The van der Waals surface area contributed by atoms with Crippen molar-refractivity contribution in [1.82, 2.24) is 4.90 Å². The number of carbonyl (C=O) groups is 2. The van der Waals surface area contributed by atoms with Crippen molar-refractivity contribution in [1.29, 1.82) is 0 Å². The van der Waals surface area contributed by atoms with Gasteiger partial charge in [0.2, 0.25) is 0 Å². The maximum absolute atomic E-state index is 12.1. The van der Waals surface area contributed by atoms with Crippen molar-refractivity contribution >= 4 is 11.9 Å². The van der Waals surface area contributed by atoms with Gasteiger partial charge in [-0.25, -0.2) is 0 Å². The molecule has 1 N–H and O–H groups in total. The highest BCUT2D eigenvalue weighted by Gasteiger charge is 2.24. The number of carboxylic acid groups (broad SMARTS) is 1. The monoisotopic (exact) mass is 289 g/mol. The predicted octanol–water partition coefficient (Wildman–Crippen LogP) is 0.130. The number of hydrogen-bond donors (Lipinski definition) is 1. The van der Waals surface area contributed by atoms with Gasteiger partial charge in [0.15, 0.2) is 0 Å². The summed E-state index contributed by atoms with van der Waals surface area (Å²) in [5.74, 6) is -1.40. The number of nitrogens with zero attached hydrogens (tertiary/aromatic N) is 1. The van der Waals surface area contributed by atoms with Crippen molar-refractivity contribution in [3.63, 3.8) is 0 Å². The van der Waals surface area contributed by atoms with Gasteiger partial charge >= 0.3 is 5.97 Å². The van der Waals surface area contributed by atoms with E-state index in [9.17, 15) is 9.59 Å². The normalized spacial score (nSPS) is 19.8. The topological polar surface area (TPSA) is 85.3 Å². The Labute approximate surface area is 118 Å². The van der Waals surface area contributed by atoms with Crippen molar-refractivity contribution in [3.05, 3.63) is 0 Å². The zero-order chi connectivity index (χ0) is 15.0. The Hall–Kier alpha value is -1.18. The van der Waals surface area contributed by atoms with Gasteiger partial charge < -0.3 is 24.2 Å². The molecule has 0 aliphatic carbocycles. The van der Waals surface area contributed by atoms with E-state index in [1.54, 1.807) is 6.92 Å². The lowest BCUT2D eigenvalue weighted by molar-refractivity contribution is -0.151. The summed E-state index contributed by atoms with van der Waals surface area (Å²) in [5, 5.41) is 8.82. The lowest BCUT2D eigenvalue weighted by Crippen LogP contribution is -2.44. The van der Waals surface area contributed by atoms with Crippen LogP contribution in [-0.4, -0.2) is 74.1 Å². The lowest BCUT2D eigenvalue weighted by atomic mass is 10.2. The molecule has 7 nitrogen and oxygen atoms in total. The molecular weight excluding hydrogens is 266 g/mol. The third-order valence-corrected chi connectivity index (χ3v) is 3.11. The van der Waals surface area contributed by atoms with E-state index in [2.05, 4.69) is 0 Å². The average Bonchev–Trinajstić information content (AvgIpc) is 2.92. The van der Waals surface area contributed by atoms with Crippen molar-refractivity contribution in [2.75, 3.05) is 40.0 Å². The Kier molecular flexibility index (Phi) is 7.50. The van der Waals surface area contributed by atoms with Crippen molar-refractivity contribution < 1.29 is 28.9 Å². The first-order valence-corrected chi connectivity index (χ1v) is 6.77. The quantitative estimate of drug-likeness (QED) is 0.649. The largest absolute Gasteiger partial charge is 0.480 e. The molecule has 0 spiro atoms. The first-order valence-electron chi connectivity index (χ1n) is 6.77. The fraction of sp³-hybridized carbons (Fsp3) is 0.846. The second-order valence-corrected chi connectivity index (χ2v) is 4.76. The third kappa shape index (κ3) is 5.85. The highest BCUT2D eigenvalue weighted by molar-refractivity contribution is 5.84. The summed E-state index contributed by atoms with van der Waals surface area (Å²) in [6, 6.07) is 0. The average molecular weight is 289 g/mol. The van der Waals surface area contributed by atoms with Crippen LogP contribution in [0, 0.1) is 0 Å². The van der Waals surface area contributed by atoms with Crippen LogP contribution in [0.25, 0.3) is 0 Å². The Balaban J connectivity index is 2.41. The molecule has 1 aliphatic rings. The van der Waals surface area contributed by atoms with E-state index < -0.39 is 12.1 Å². The van der Waals surface area contributed by atoms with Crippen LogP contribution in [0.15, 0.2) is 0 Å². The molecule has 1 rings (SSSR count). The van der Waals surface area contributed by atoms with Gasteiger partial charge in [-0.05, 0) is 19.8 Å². The first-order chi connectivity index (χ1) is 9.54. The molecule has 0 aromatic carbocycles. The Bertz CT molecular complexity index is 316. The summed E-state index contributed by atoms with van der Waals surface area (Å²) in [6.07, 6.45) is 1.30. The zero-order valence-electron chi connectivity index (χ0n) is 12.0. The fourth-order valence-electron chi connectivity index (χ4n) is 1.99. The molecular formula is C13H23NO6. The minimum atomic E-state index is -1.05. The van der Waals surface area contributed by atoms with Crippen molar-refractivity contribution in [2.45, 2.75) is 32.0 Å². The number of carbonyl (C=O) groups excluding carboxylic acids is 1. The summed E-state index contributed by atoms with van der Waals surface area (Å²) in [4.78, 5) is 24.1. The van der Waals surface area contributed by atoms with E-state index in [0.29, 0.717) is 6.61 Å². The van der Waals surface area contributed by atoms with Gasteiger partial charge in [0.05, 0.1) is 19.3 Å². The minimum Gasteiger partial charge on any atom is -0.480 e. The van der Waals surface area contributed by atoms with Crippen molar-refractivity contribution in [3.8, 4) is 0 Å². The van der Waals surface area contributed by atoms with Gasteiger partial charge in [-0.2, -0.15) is 0 Å². The van der Waals surface area contributed by atoms with E-state index in [1.807, 2.05) is 0 Å². The molecule has 0 aromatic rings. The molecule has 1 aliphatic heterocycles. The molecule has 0 saturated carbocycles. The van der Waals surface area contributed by atoms with Gasteiger partial charge in [-0.1, -0.05) is 0 Å². The van der Waals surface area contributed by atoms with Crippen LogP contribution < -0.4 is 0 Å². The standard InChI is InChI=1S/C13H23NO6/c1-10(20-9-11-4-3-6-19-11)13(17)14(5-7-18-2)8-12(15)16/h10-11H,3-9H2,1-2H3,(H,15,16). The molecule has 0 aromatic heterocycles. The molecule has 1 saturated heterocycles. The summed E-state index contributed by atoms with van der Waals surface area (Å²) in [7, 11) is 1.50. The second kappa shape index (κ2) is 8.89. The number of methoxy groups -OCH3 is 1. The van der Waals surface area contributed by atoms with Gasteiger partial charge in [-0.15, -0.1) is 0 Å². The highest BCUT2D eigenvalue weighted by Crippen LogP contribution is 2.13. The van der Waals surface area contributed by atoms with Gasteiger partial charge in [0.25, 0.3) is 5.91 Å². The van der Waals surface area contributed by atoms with Crippen LogP contribution in [0.3, 0.4) is 0 Å². The second-order valence-electron chi connectivity index (χ2n) is 4.76. The number of aliphatic carboxylic acids is 1. The maximum Gasteiger partial charge on any atom is 0.323 e.